The number of rotatable bonds is 4. The summed E-state index contributed by atoms with van der Waals surface area (Å²) in [5, 5.41) is 7.39. The van der Waals surface area contributed by atoms with Gasteiger partial charge in [-0.05, 0) is 90.8 Å². The van der Waals surface area contributed by atoms with Gasteiger partial charge in [0.15, 0.2) is 5.58 Å². The Morgan fingerprint density at radius 3 is 1.82 bits per heavy atom. The minimum absolute atomic E-state index is 0.638. The molecular weight excluding hydrogens is 534 g/mol. The van der Waals surface area contributed by atoms with Gasteiger partial charge in [0.25, 0.3) is 0 Å². The van der Waals surface area contributed by atoms with Crippen molar-refractivity contribution < 1.29 is 4.42 Å². The predicted molar refractivity (Wildman–Crippen MR) is 184 cm³/mol. The second-order valence-electron chi connectivity index (χ2n) is 11.6. The van der Waals surface area contributed by atoms with Crippen LogP contribution in [0.4, 0.5) is 0 Å². The Bertz CT molecular complexity index is 2470. The van der Waals surface area contributed by atoms with E-state index in [1.54, 1.807) is 0 Å². The van der Waals surface area contributed by atoms with E-state index >= 15 is 0 Å². The molecule has 0 fully saturated rings. The molecule has 0 saturated carbocycles. The Morgan fingerprint density at radius 1 is 0.455 bits per heavy atom. The summed E-state index contributed by atoms with van der Waals surface area (Å²) in [7, 11) is 0. The molecule has 2 heteroatoms. The minimum Gasteiger partial charge on any atom is -0.436 e. The lowest BCUT2D eigenvalue weighted by atomic mass is 9.85. The molecule has 8 aromatic carbocycles. The fourth-order valence-electron chi connectivity index (χ4n) is 6.77. The molecule has 0 spiro atoms. The fourth-order valence-corrected chi connectivity index (χ4v) is 6.77. The van der Waals surface area contributed by atoms with Crippen LogP contribution in [0.2, 0.25) is 0 Å². The van der Waals surface area contributed by atoms with E-state index in [1.807, 2.05) is 6.07 Å². The molecule has 0 radical (unpaired) electrons. The molecule has 9 aromatic rings. The smallest absolute Gasteiger partial charge is 0.227 e. The number of benzene rings is 8. The van der Waals surface area contributed by atoms with E-state index < -0.39 is 0 Å². The third-order valence-corrected chi connectivity index (χ3v) is 8.95. The van der Waals surface area contributed by atoms with Gasteiger partial charge in [-0.2, -0.15) is 0 Å². The van der Waals surface area contributed by atoms with Crippen molar-refractivity contribution in [3.8, 4) is 44.8 Å². The van der Waals surface area contributed by atoms with Crippen LogP contribution in [0.15, 0.2) is 150 Å². The van der Waals surface area contributed by atoms with Gasteiger partial charge in [0, 0.05) is 5.56 Å². The predicted octanol–water partition coefficient (Wildman–Crippen LogP) is 11.7. The maximum absolute atomic E-state index is 6.53. The van der Waals surface area contributed by atoms with Gasteiger partial charge in [0.1, 0.15) is 5.52 Å². The quantitative estimate of drug-likeness (QED) is 0.200. The third kappa shape index (κ3) is 3.85. The molecule has 0 amide bonds. The lowest BCUT2D eigenvalue weighted by Gasteiger charge is -2.18. The number of hydrogen-bond donors (Lipinski definition) is 0. The molecule has 0 aliphatic heterocycles. The van der Waals surface area contributed by atoms with E-state index in [4.69, 9.17) is 9.40 Å². The molecule has 206 valence electrons. The summed E-state index contributed by atoms with van der Waals surface area (Å²) in [6.07, 6.45) is 0. The van der Waals surface area contributed by atoms with Gasteiger partial charge in [0.2, 0.25) is 5.89 Å². The van der Waals surface area contributed by atoms with Crippen LogP contribution in [0.25, 0.3) is 88.3 Å². The minimum atomic E-state index is 0.638. The molecule has 9 rings (SSSR count). The van der Waals surface area contributed by atoms with Crippen LogP contribution in [0.5, 0.6) is 0 Å². The summed E-state index contributed by atoms with van der Waals surface area (Å²) in [5.41, 5.74) is 11.0. The first-order valence-electron chi connectivity index (χ1n) is 15.0. The number of oxazole rings is 1. The first kappa shape index (κ1) is 24.8. The summed E-state index contributed by atoms with van der Waals surface area (Å²) in [4.78, 5) is 5.10. The van der Waals surface area contributed by atoms with Crippen molar-refractivity contribution in [3.05, 3.63) is 151 Å². The van der Waals surface area contributed by atoms with Gasteiger partial charge < -0.3 is 4.42 Å². The Balaban J connectivity index is 1.33. The molecule has 0 atom stereocenters. The summed E-state index contributed by atoms with van der Waals surface area (Å²) >= 11 is 0. The number of fused-ring (bicyclic) bond motifs is 1. The van der Waals surface area contributed by atoms with Crippen LogP contribution < -0.4 is 0 Å². The lowest BCUT2D eigenvalue weighted by Crippen LogP contribution is -1.92. The van der Waals surface area contributed by atoms with Crippen LogP contribution >= 0.6 is 0 Å². The first-order chi connectivity index (χ1) is 21.7. The molecule has 0 N–H and O–H groups in total. The number of aromatic nitrogens is 1. The van der Waals surface area contributed by atoms with Gasteiger partial charge in [-0.15, -0.1) is 0 Å². The SMILES string of the molecule is Cc1ccc(-c2ccc3oc(-c4cc(-c5ccccc5)c5ccc6c(-c7ccccc7)ccc7ccc4c5c76)nc3c2)cc1. The van der Waals surface area contributed by atoms with Crippen molar-refractivity contribution >= 4 is 43.4 Å². The summed E-state index contributed by atoms with van der Waals surface area (Å²) < 4.78 is 6.53. The zero-order valence-electron chi connectivity index (χ0n) is 24.2. The third-order valence-electron chi connectivity index (χ3n) is 8.95. The summed E-state index contributed by atoms with van der Waals surface area (Å²) in [6.45, 7) is 2.11. The van der Waals surface area contributed by atoms with Gasteiger partial charge >= 0.3 is 0 Å². The molecule has 1 aromatic heterocycles. The topological polar surface area (TPSA) is 26.0 Å². The van der Waals surface area contributed by atoms with E-state index in [2.05, 4.69) is 146 Å². The zero-order chi connectivity index (χ0) is 29.2. The van der Waals surface area contributed by atoms with E-state index in [0.717, 1.165) is 27.6 Å². The highest BCUT2D eigenvalue weighted by Crippen LogP contribution is 2.46. The van der Waals surface area contributed by atoms with Crippen molar-refractivity contribution in [3.63, 3.8) is 0 Å². The van der Waals surface area contributed by atoms with Crippen LogP contribution in [0, 0.1) is 6.92 Å². The molecule has 0 unspecified atom stereocenters. The number of nitrogens with zero attached hydrogens (tertiary/aromatic N) is 1. The largest absolute Gasteiger partial charge is 0.436 e. The molecule has 44 heavy (non-hydrogen) atoms. The monoisotopic (exact) mass is 561 g/mol. The highest BCUT2D eigenvalue weighted by atomic mass is 16.3. The van der Waals surface area contributed by atoms with Crippen molar-refractivity contribution in [1.82, 2.24) is 4.98 Å². The van der Waals surface area contributed by atoms with Crippen LogP contribution in [0.3, 0.4) is 0 Å². The standard InChI is InChI=1S/C42H27NO/c1-26-12-14-27(15-13-26)31-18-23-39-38(24-31)43-42(44-39)37-25-36(29-10-6-3-7-11-29)34-22-21-33-32(28-8-4-2-5-9-28)19-16-30-17-20-35(37)41(34)40(30)33/h2-25H,1H3. The Kier molecular flexibility index (Phi) is 5.45. The van der Waals surface area contributed by atoms with Crippen molar-refractivity contribution in [2.45, 2.75) is 6.92 Å². The number of aryl methyl sites for hydroxylation is 1. The molecule has 0 aliphatic rings. The normalized spacial score (nSPS) is 11.8. The van der Waals surface area contributed by atoms with Gasteiger partial charge in [-0.3, -0.25) is 0 Å². The maximum atomic E-state index is 6.53. The second kappa shape index (κ2) is 9.65. The van der Waals surface area contributed by atoms with Crippen LogP contribution in [0.1, 0.15) is 5.56 Å². The zero-order valence-corrected chi connectivity index (χ0v) is 24.2. The van der Waals surface area contributed by atoms with Crippen LogP contribution in [-0.4, -0.2) is 4.98 Å². The molecule has 2 nitrogen and oxygen atoms in total. The summed E-state index contributed by atoms with van der Waals surface area (Å²) in [5.74, 6) is 0.638. The fraction of sp³-hybridized carbons (Fsp3) is 0.0238. The average molecular weight is 562 g/mol. The van der Waals surface area contributed by atoms with Crippen LogP contribution in [-0.2, 0) is 0 Å². The summed E-state index contributed by atoms with van der Waals surface area (Å²) in [6, 6.07) is 52.1. The Hall–Kier alpha value is -5.73. The van der Waals surface area contributed by atoms with E-state index in [9.17, 15) is 0 Å². The van der Waals surface area contributed by atoms with E-state index in [-0.39, 0.29) is 0 Å². The Labute approximate surface area is 255 Å². The molecule has 0 saturated heterocycles. The lowest BCUT2D eigenvalue weighted by molar-refractivity contribution is 0.620. The maximum Gasteiger partial charge on any atom is 0.227 e. The van der Waals surface area contributed by atoms with Crippen molar-refractivity contribution in [2.24, 2.45) is 0 Å². The molecular formula is C42H27NO. The van der Waals surface area contributed by atoms with Gasteiger partial charge in [-0.1, -0.05) is 133 Å². The molecule has 0 aliphatic carbocycles. The van der Waals surface area contributed by atoms with E-state index in [0.29, 0.717) is 5.89 Å². The van der Waals surface area contributed by atoms with Gasteiger partial charge in [-0.25, -0.2) is 4.98 Å². The molecule has 0 bridgehead atoms. The Morgan fingerprint density at radius 2 is 1.07 bits per heavy atom. The highest BCUT2D eigenvalue weighted by molar-refractivity contribution is 6.29. The van der Waals surface area contributed by atoms with Crippen molar-refractivity contribution in [1.29, 1.82) is 0 Å². The molecule has 1 heterocycles. The number of hydrogen-bond acceptors (Lipinski definition) is 2. The van der Waals surface area contributed by atoms with Crippen molar-refractivity contribution in [2.75, 3.05) is 0 Å². The first-order valence-corrected chi connectivity index (χ1v) is 15.0. The highest BCUT2D eigenvalue weighted by Gasteiger charge is 2.20. The van der Waals surface area contributed by atoms with E-state index in [1.165, 1.54) is 60.3 Å². The second-order valence-corrected chi connectivity index (χ2v) is 11.6. The van der Waals surface area contributed by atoms with Gasteiger partial charge in [0.05, 0.1) is 0 Å². The average Bonchev–Trinajstić information content (AvgIpc) is 3.51.